The summed E-state index contributed by atoms with van der Waals surface area (Å²) in [6.45, 7) is 5.53. The van der Waals surface area contributed by atoms with Crippen molar-refractivity contribution in [2.24, 2.45) is 4.99 Å². The molecule has 0 N–H and O–H groups in total. The molecule has 3 nitrogen and oxygen atoms in total. The van der Waals surface area contributed by atoms with E-state index in [9.17, 15) is 4.79 Å². The number of nitrogens with zero attached hydrogens (tertiary/aromatic N) is 1. The monoisotopic (exact) mass is 199 g/mol. The lowest BCUT2D eigenvalue weighted by molar-refractivity contribution is -0.146. The number of hydrogen-bond donors (Lipinski definition) is 0. The first-order valence-electron chi connectivity index (χ1n) is 4.06. The fraction of sp³-hybridized carbons (Fsp3) is 0.556. The van der Waals surface area contributed by atoms with Gasteiger partial charge < -0.3 is 4.74 Å². The van der Waals surface area contributed by atoms with E-state index >= 15 is 0 Å². The van der Waals surface area contributed by atoms with Gasteiger partial charge in [-0.3, -0.25) is 4.99 Å². The molecule has 0 aromatic carbocycles. The maximum atomic E-state index is 11.4. The van der Waals surface area contributed by atoms with Crippen molar-refractivity contribution in [2.45, 2.75) is 26.4 Å². The van der Waals surface area contributed by atoms with Crippen LogP contribution in [0.25, 0.3) is 0 Å². The molecule has 0 bridgehead atoms. The standard InChI is InChI=1S/C9H13NO2S/c1-9(2,3)12-8(11)7-6-13-5-4-10-7/h4-5H,6H2,1-3H3. The molecule has 1 aliphatic rings. The zero-order chi connectivity index (χ0) is 9.90. The molecular formula is C9H13NO2S. The first-order valence-corrected chi connectivity index (χ1v) is 5.10. The summed E-state index contributed by atoms with van der Waals surface area (Å²) >= 11 is 1.55. The lowest BCUT2D eigenvalue weighted by atomic mass is 10.2. The van der Waals surface area contributed by atoms with Gasteiger partial charge in [-0.15, -0.1) is 11.8 Å². The molecule has 0 aromatic rings. The minimum Gasteiger partial charge on any atom is -0.455 e. The Morgan fingerprint density at radius 2 is 2.31 bits per heavy atom. The predicted octanol–water partition coefficient (Wildman–Crippen LogP) is 1.99. The van der Waals surface area contributed by atoms with Gasteiger partial charge in [0.15, 0.2) is 0 Å². The molecule has 72 valence electrons. The van der Waals surface area contributed by atoms with Gasteiger partial charge in [-0.2, -0.15) is 0 Å². The van der Waals surface area contributed by atoms with Crippen molar-refractivity contribution in [3.63, 3.8) is 0 Å². The predicted molar refractivity (Wildman–Crippen MR) is 54.9 cm³/mol. The van der Waals surface area contributed by atoms with Crippen LogP contribution in [-0.2, 0) is 9.53 Å². The lowest BCUT2D eigenvalue weighted by Gasteiger charge is -2.20. The molecule has 0 aliphatic carbocycles. The van der Waals surface area contributed by atoms with E-state index in [4.69, 9.17) is 4.74 Å². The normalized spacial score (nSPS) is 16.7. The zero-order valence-corrected chi connectivity index (χ0v) is 8.85. The van der Waals surface area contributed by atoms with Crippen molar-refractivity contribution in [1.29, 1.82) is 0 Å². The summed E-state index contributed by atoms with van der Waals surface area (Å²) in [6, 6.07) is 0. The molecule has 4 heteroatoms. The lowest BCUT2D eigenvalue weighted by Crippen LogP contribution is -2.30. The van der Waals surface area contributed by atoms with Gasteiger partial charge in [0.05, 0.1) is 0 Å². The van der Waals surface area contributed by atoms with E-state index in [1.165, 1.54) is 0 Å². The van der Waals surface area contributed by atoms with E-state index in [2.05, 4.69) is 4.99 Å². The molecule has 0 amide bonds. The molecule has 0 atom stereocenters. The number of esters is 1. The molecule has 0 spiro atoms. The van der Waals surface area contributed by atoms with Crippen molar-refractivity contribution in [3.8, 4) is 0 Å². The van der Waals surface area contributed by atoms with Crippen LogP contribution in [0, 0.1) is 0 Å². The largest absolute Gasteiger partial charge is 0.455 e. The highest BCUT2D eigenvalue weighted by molar-refractivity contribution is 8.02. The van der Waals surface area contributed by atoms with Crippen LogP contribution in [0.2, 0.25) is 0 Å². The van der Waals surface area contributed by atoms with Crippen molar-refractivity contribution < 1.29 is 9.53 Å². The van der Waals surface area contributed by atoms with Gasteiger partial charge >= 0.3 is 5.97 Å². The smallest absolute Gasteiger partial charge is 0.354 e. The minimum atomic E-state index is -0.439. The maximum Gasteiger partial charge on any atom is 0.354 e. The number of carbonyl (C=O) groups excluding carboxylic acids is 1. The summed E-state index contributed by atoms with van der Waals surface area (Å²) in [7, 11) is 0. The van der Waals surface area contributed by atoms with E-state index in [-0.39, 0.29) is 5.97 Å². The number of hydrogen-bond acceptors (Lipinski definition) is 4. The summed E-state index contributed by atoms with van der Waals surface area (Å²) in [4.78, 5) is 15.4. The summed E-state index contributed by atoms with van der Waals surface area (Å²) in [5.41, 5.74) is 0.0493. The second-order valence-corrected chi connectivity index (χ2v) is 4.57. The number of ether oxygens (including phenoxy) is 1. The Morgan fingerprint density at radius 3 is 2.77 bits per heavy atom. The molecule has 0 aromatic heterocycles. The molecule has 0 saturated carbocycles. The van der Waals surface area contributed by atoms with Crippen LogP contribution in [0.5, 0.6) is 0 Å². The van der Waals surface area contributed by atoms with Crippen molar-refractivity contribution in [1.82, 2.24) is 0 Å². The highest BCUT2D eigenvalue weighted by Gasteiger charge is 2.21. The van der Waals surface area contributed by atoms with Crippen LogP contribution in [0.4, 0.5) is 0 Å². The van der Waals surface area contributed by atoms with Gasteiger partial charge in [0, 0.05) is 12.0 Å². The van der Waals surface area contributed by atoms with Gasteiger partial charge in [-0.05, 0) is 26.2 Å². The highest BCUT2D eigenvalue weighted by atomic mass is 32.2. The van der Waals surface area contributed by atoms with Gasteiger partial charge in [-0.25, -0.2) is 4.79 Å². The van der Waals surface area contributed by atoms with Crippen molar-refractivity contribution in [3.05, 3.63) is 11.6 Å². The fourth-order valence-corrected chi connectivity index (χ4v) is 1.37. The Bertz CT molecular complexity index is 263. The van der Waals surface area contributed by atoms with Crippen molar-refractivity contribution >= 4 is 23.4 Å². The van der Waals surface area contributed by atoms with Gasteiger partial charge in [0.2, 0.25) is 0 Å². The van der Waals surface area contributed by atoms with E-state index in [0.717, 1.165) is 0 Å². The quantitative estimate of drug-likeness (QED) is 0.606. The molecule has 0 fully saturated rings. The fourth-order valence-electron chi connectivity index (χ4n) is 0.776. The number of thioether (sulfide) groups is 1. The summed E-state index contributed by atoms with van der Waals surface area (Å²) in [6.07, 6.45) is 1.62. The summed E-state index contributed by atoms with van der Waals surface area (Å²) in [5.74, 6) is 0.287. The second-order valence-electron chi connectivity index (χ2n) is 3.67. The average molecular weight is 199 g/mol. The van der Waals surface area contributed by atoms with Gasteiger partial charge in [0.1, 0.15) is 11.3 Å². The Morgan fingerprint density at radius 1 is 1.62 bits per heavy atom. The SMILES string of the molecule is CC(C)(C)OC(=O)C1=NC=CSC1. The third-order valence-electron chi connectivity index (χ3n) is 1.24. The third kappa shape index (κ3) is 3.63. The molecule has 1 heterocycles. The number of carbonyl (C=O) groups is 1. The molecule has 1 aliphatic heterocycles. The van der Waals surface area contributed by atoms with E-state index < -0.39 is 5.60 Å². The Kier molecular flexibility index (Phi) is 3.14. The Balaban J connectivity index is 2.58. The topological polar surface area (TPSA) is 38.7 Å². The zero-order valence-electron chi connectivity index (χ0n) is 8.03. The van der Waals surface area contributed by atoms with Crippen LogP contribution in [0.15, 0.2) is 16.6 Å². The Labute approximate surface area is 82.3 Å². The minimum absolute atomic E-state index is 0.315. The van der Waals surface area contributed by atoms with Crippen LogP contribution < -0.4 is 0 Å². The number of rotatable bonds is 1. The molecule has 1 rings (SSSR count). The number of aliphatic imine (C=N–C) groups is 1. The molecule has 0 saturated heterocycles. The first-order chi connectivity index (χ1) is 5.99. The van der Waals surface area contributed by atoms with E-state index in [1.807, 2.05) is 26.2 Å². The molecule has 0 radical (unpaired) electrons. The van der Waals surface area contributed by atoms with Crippen molar-refractivity contribution in [2.75, 3.05) is 5.75 Å². The third-order valence-corrected chi connectivity index (χ3v) is 2.00. The highest BCUT2D eigenvalue weighted by Crippen LogP contribution is 2.13. The first kappa shape index (κ1) is 10.3. The van der Waals surface area contributed by atoms with Crippen LogP contribution in [0.3, 0.4) is 0 Å². The van der Waals surface area contributed by atoms with Crippen LogP contribution in [0.1, 0.15) is 20.8 Å². The molecule has 0 unspecified atom stereocenters. The maximum absolute atomic E-state index is 11.4. The molecule has 13 heavy (non-hydrogen) atoms. The van der Waals surface area contributed by atoms with Gasteiger partial charge in [-0.1, -0.05) is 0 Å². The average Bonchev–Trinajstić information content (AvgIpc) is 2.03. The molecular weight excluding hydrogens is 186 g/mol. The summed E-state index contributed by atoms with van der Waals surface area (Å²) < 4.78 is 5.16. The van der Waals surface area contributed by atoms with Crippen LogP contribution >= 0.6 is 11.8 Å². The second kappa shape index (κ2) is 3.96. The Hall–Kier alpha value is -0.770. The van der Waals surface area contributed by atoms with E-state index in [0.29, 0.717) is 11.5 Å². The van der Waals surface area contributed by atoms with Gasteiger partial charge in [0.25, 0.3) is 0 Å². The summed E-state index contributed by atoms with van der Waals surface area (Å²) in [5, 5.41) is 1.86. The van der Waals surface area contributed by atoms with E-state index in [1.54, 1.807) is 18.0 Å². The van der Waals surface area contributed by atoms with Crippen LogP contribution in [-0.4, -0.2) is 23.0 Å².